The van der Waals surface area contributed by atoms with Crippen molar-refractivity contribution < 1.29 is 13.9 Å². The zero-order chi connectivity index (χ0) is 22.9. The molecule has 3 aromatic rings. The van der Waals surface area contributed by atoms with Crippen molar-refractivity contribution in [1.29, 1.82) is 0 Å². The van der Waals surface area contributed by atoms with Crippen molar-refractivity contribution in [2.75, 3.05) is 5.75 Å². The molecule has 0 saturated heterocycles. The van der Waals surface area contributed by atoms with Crippen LogP contribution in [0.5, 0.6) is 5.75 Å². The Labute approximate surface area is 192 Å². The van der Waals surface area contributed by atoms with Gasteiger partial charge in [-0.25, -0.2) is 4.39 Å². The lowest BCUT2D eigenvalue weighted by Gasteiger charge is -2.13. The van der Waals surface area contributed by atoms with Gasteiger partial charge in [-0.05, 0) is 47.7 Å². The van der Waals surface area contributed by atoms with E-state index in [2.05, 4.69) is 48.4 Å². The van der Waals surface area contributed by atoms with Gasteiger partial charge in [0.15, 0.2) is 11.0 Å². The maximum Gasteiger partial charge on any atom is 0.230 e. The van der Waals surface area contributed by atoms with Gasteiger partial charge in [0.2, 0.25) is 5.91 Å². The summed E-state index contributed by atoms with van der Waals surface area (Å²) in [5.74, 6) is 1.71. The molecule has 0 spiro atoms. The minimum Gasteiger partial charge on any atom is -0.486 e. The molecule has 1 amide bonds. The Hall–Kier alpha value is -2.87. The standard InChI is InChI=1S/C24H29FN4O2S/c1-4-18-7-11-21(12-8-18)31-15-22-27-28-24(29(22)14-17(2)3)32-16-23(30)26-13-19-5-9-20(25)10-6-19/h5-12,17H,4,13-16H2,1-3H3,(H,26,30). The number of nitrogens with one attached hydrogen (secondary N) is 1. The summed E-state index contributed by atoms with van der Waals surface area (Å²) >= 11 is 1.34. The smallest absolute Gasteiger partial charge is 0.230 e. The van der Waals surface area contributed by atoms with Crippen LogP contribution in [0.2, 0.25) is 0 Å². The van der Waals surface area contributed by atoms with Crippen molar-refractivity contribution in [2.24, 2.45) is 5.92 Å². The predicted molar refractivity (Wildman–Crippen MR) is 124 cm³/mol. The number of carbonyl (C=O) groups is 1. The lowest BCUT2D eigenvalue weighted by molar-refractivity contribution is -0.118. The molecule has 0 unspecified atom stereocenters. The molecule has 8 heteroatoms. The average Bonchev–Trinajstić information content (AvgIpc) is 3.17. The summed E-state index contributed by atoms with van der Waals surface area (Å²) in [6.07, 6.45) is 0.987. The van der Waals surface area contributed by atoms with Crippen LogP contribution in [0.4, 0.5) is 4.39 Å². The first kappa shape index (κ1) is 23.8. The molecule has 6 nitrogen and oxygen atoms in total. The molecular weight excluding hydrogens is 427 g/mol. The van der Waals surface area contributed by atoms with Gasteiger partial charge < -0.3 is 14.6 Å². The second kappa shape index (κ2) is 11.7. The molecule has 2 aromatic carbocycles. The average molecular weight is 457 g/mol. The Morgan fingerprint density at radius 2 is 1.78 bits per heavy atom. The van der Waals surface area contributed by atoms with Crippen LogP contribution in [0.3, 0.4) is 0 Å². The maximum absolute atomic E-state index is 13.0. The normalized spacial score (nSPS) is 11.0. The van der Waals surface area contributed by atoms with Crippen LogP contribution in [0.15, 0.2) is 53.7 Å². The number of carbonyl (C=O) groups excluding carboxylic acids is 1. The van der Waals surface area contributed by atoms with Crippen LogP contribution in [-0.4, -0.2) is 26.4 Å². The zero-order valence-corrected chi connectivity index (χ0v) is 19.5. The Kier molecular flexibility index (Phi) is 8.67. The number of amides is 1. The highest BCUT2D eigenvalue weighted by Gasteiger charge is 2.16. The fourth-order valence-corrected chi connectivity index (χ4v) is 3.83. The lowest BCUT2D eigenvalue weighted by atomic mass is 10.2. The van der Waals surface area contributed by atoms with Gasteiger partial charge in [0.25, 0.3) is 0 Å². The summed E-state index contributed by atoms with van der Waals surface area (Å²) in [5, 5.41) is 12.1. The minimum atomic E-state index is -0.294. The Bertz CT molecular complexity index is 1000. The summed E-state index contributed by atoms with van der Waals surface area (Å²) in [4.78, 5) is 12.3. The number of halogens is 1. The molecule has 0 fully saturated rings. The third-order valence-electron chi connectivity index (χ3n) is 4.78. The number of aromatic nitrogens is 3. The van der Waals surface area contributed by atoms with E-state index in [9.17, 15) is 9.18 Å². The van der Waals surface area contributed by atoms with Gasteiger partial charge in [0.05, 0.1) is 5.75 Å². The van der Waals surface area contributed by atoms with Crippen LogP contribution >= 0.6 is 11.8 Å². The maximum atomic E-state index is 13.0. The highest BCUT2D eigenvalue weighted by Crippen LogP contribution is 2.20. The van der Waals surface area contributed by atoms with Gasteiger partial charge in [-0.3, -0.25) is 4.79 Å². The number of aryl methyl sites for hydroxylation is 1. The van der Waals surface area contributed by atoms with Crippen LogP contribution < -0.4 is 10.1 Å². The fourth-order valence-electron chi connectivity index (χ4n) is 3.03. The first-order chi connectivity index (χ1) is 15.4. The summed E-state index contributed by atoms with van der Waals surface area (Å²) < 4.78 is 20.9. The van der Waals surface area contributed by atoms with E-state index in [4.69, 9.17) is 4.74 Å². The molecule has 1 heterocycles. The molecule has 0 aliphatic rings. The number of ether oxygens (including phenoxy) is 1. The largest absolute Gasteiger partial charge is 0.486 e. The molecule has 1 aromatic heterocycles. The lowest BCUT2D eigenvalue weighted by Crippen LogP contribution is -2.24. The molecule has 0 radical (unpaired) electrons. The predicted octanol–water partition coefficient (Wildman–Crippen LogP) is 4.62. The minimum absolute atomic E-state index is 0.118. The van der Waals surface area contributed by atoms with Gasteiger partial charge in [0.1, 0.15) is 18.2 Å². The zero-order valence-electron chi connectivity index (χ0n) is 18.7. The van der Waals surface area contributed by atoms with Gasteiger partial charge in [-0.2, -0.15) is 0 Å². The van der Waals surface area contributed by atoms with Crippen LogP contribution in [-0.2, 0) is 30.9 Å². The second-order valence-electron chi connectivity index (χ2n) is 7.88. The molecule has 32 heavy (non-hydrogen) atoms. The second-order valence-corrected chi connectivity index (χ2v) is 8.82. The SMILES string of the molecule is CCc1ccc(OCc2nnc(SCC(=O)NCc3ccc(F)cc3)n2CC(C)C)cc1. The van der Waals surface area contributed by atoms with E-state index in [0.717, 1.165) is 30.1 Å². The fraction of sp³-hybridized carbons (Fsp3) is 0.375. The van der Waals surface area contributed by atoms with Crippen molar-refractivity contribution in [2.45, 2.75) is 52.0 Å². The van der Waals surface area contributed by atoms with Crippen LogP contribution in [0, 0.1) is 11.7 Å². The first-order valence-corrected chi connectivity index (χ1v) is 11.7. The molecule has 1 N–H and O–H groups in total. The van der Waals surface area contributed by atoms with Crippen molar-refractivity contribution in [3.63, 3.8) is 0 Å². The van der Waals surface area contributed by atoms with E-state index in [1.54, 1.807) is 12.1 Å². The molecule has 0 atom stereocenters. The number of rotatable bonds is 11. The molecule has 170 valence electrons. The first-order valence-electron chi connectivity index (χ1n) is 10.7. The van der Waals surface area contributed by atoms with Gasteiger partial charge in [0, 0.05) is 13.1 Å². The summed E-state index contributed by atoms with van der Waals surface area (Å²) in [7, 11) is 0. The number of hydrogen-bond donors (Lipinski definition) is 1. The summed E-state index contributed by atoms with van der Waals surface area (Å²) in [6.45, 7) is 7.76. The topological polar surface area (TPSA) is 69.0 Å². The van der Waals surface area contributed by atoms with Gasteiger partial charge in [-0.1, -0.05) is 56.8 Å². The third-order valence-corrected chi connectivity index (χ3v) is 5.74. The number of benzene rings is 2. The summed E-state index contributed by atoms with van der Waals surface area (Å²) in [6, 6.07) is 14.1. The summed E-state index contributed by atoms with van der Waals surface area (Å²) in [5.41, 5.74) is 2.11. The van der Waals surface area contributed by atoms with Crippen molar-refractivity contribution in [3.8, 4) is 5.75 Å². The van der Waals surface area contributed by atoms with Crippen LogP contribution in [0.25, 0.3) is 0 Å². The van der Waals surface area contributed by atoms with Crippen molar-refractivity contribution in [1.82, 2.24) is 20.1 Å². The highest BCUT2D eigenvalue weighted by atomic mass is 32.2. The van der Waals surface area contributed by atoms with E-state index < -0.39 is 0 Å². The Morgan fingerprint density at radius 1 is 1.09 bits per heavy atom. The van der Waals surface area contributed by atoms with Crippen molar-refractivity contribution in [3.05, 3.63) is 71.3 Å². The molecule has 3 rings (SSSR count). The van der Waals surface area contributed by atoms with E-state index in [0.29, 0.717) is 24.2 Å². The van der Waals surface area contributed by atoms with Crippen LogP contribution in [0.1, 0.15) is 37.7 Å². The Balaban J connectivity index is 1.57. The van der Waals surface area contributed by atoms with Gasteiger partial charge >= 0.3 is 0 Å². The van der Waals surface area contributed by atoms with Crippen molar-refractivity contribution >= 4 is 17.7 Å². The van der Waals surface area contributed by atoms with E-state index in [-0.39, 0.29) is 17.5 Å². The van der Waals surface area contributed by atoms with E-state index >= 15 is 0 Å². The monoisotopic (exact) mass is 456 g/mol. The highest BCUT2D eigenvalue weighted by molar-refractivity contribution is 7.99. The number of nitrogens with zero attached hydrogens (tertiary/aromatic N) is 3. The number of thioether (sulfide) groups is 1. The molecule has 0 aliphatic heterocycles. The molecule has 0 aliphatic carbocycles. The van der Waals surface area contributed by atoms with Gasteiger partial charge in [-0.15, -0.1) is 10.2 Å². The third kappa shape index (κ3) is 7.09. The van der Waals surface area contributed by atoms with E-state index in [1.807, 2.05) is 16.7 Å². The molecular formula is C24H29FN4O2S. The van der Waals surface area contributed by atoms with E-state index in [1.165, 1.54) is 29.5 Å². The Morgan fingerprint density at radius 3 is 2.44 bits per heavy atom. The molecule has 0 bridgehead atoms. The number of hydrogen-bond acceptors (Lipinski definition) is 5. The molecule has 0 saturated carbocycles. The quantitative estimate of drug-likeness (QED) is 0.426.